The smallest absolute Gasteiger partial charge is 0.152 e. The zero-order valence-corrected chi connectivity index (χ0v) is 17.7. The van der Waals surface area contributed by atoms with E-state index in [0.29, 0.717) is 12.4 Å². The Morgan fingerprint density at radius 3 is 2.86 bits per heavy atom. The number of anilines is 1. The summed E-state index contributed by atoms with van der Waals surface area (Å²) in [5.74, 6) is 2.70. The monoisotopic (exact) mass is 401 g/mol. The van der Waals surface area contributed by atoms with Crippen molar-refractivity contribution in [2.45, 2.75) is 45.6 Å². The fourth-order valence-electron chi connectivity index (χ4n) is 3.36. The van der Waals surface area contributed by atoms with Crippen molar-refractivity contribution in [3.8, 4) is 0 Å². The van der Waals surface area contributed by atoms with Crippen LogP contribution in [0, 0.1) is 0 Å². The number of unbranched alkanes of at least 4 members (excludes halogenated alkanes) is 2. The van der Waals surface area contributed by atoms with Crippen molar-refractivity contribution in [1.82, 2.24) is 19.3 Å². The van der Waals surface area contributed by atoms with Gasteiger partial charge in [0.1, 0.15) is 11.3 Å². The average molecular weight is 402 g/mol. The lowest BCUT2D eigenvalue weighted by Crippen LogP contribution is -2.10. The highest BCUT2D eigenvalue weighted by Gasteiger charge is 2.16. The summed E-state index contributed by atoms with van der Waals surface area (Å²) in [5, 5.41) is 1.11. The topological polar surface area (TPSA) is 78.0 Å². The van der Waals surface area contributed by atoms with Gasteiger partial charge in [0.25, 0.3) is 0 Å². The number of fused-ring (bicyclic) bond motifs is 3. The molecule has 28 heavy (non-hydrogen) atoms. The quantitative estimate of drug-likeness (QED) is 0.350. The van der Waals surface area contributed by atoms with Crippen LogP contribution >= 0.6 is 11.9 Å². The van der Waals surface area contributed by atoms with Crippen molar-refractivity contribution in [3.05, 3.63) is 30.1 Å². The van der Waals surface area contributed by atoms with Crippen LogP contribution in [-0.2, 0) is 17.7 Å². The van der Waals surface area contributed by atoms with Crippen LogP contribution in [0.25, 0.3) is 21.9 Å². The predicted octanol–water partition coefficient (Wildman–Crippen LogP) is 4.17. The van der Waals surface area contributed by atoms with Crippen LogP contribution in [-0.4, -0.2) is 40.5 Å². The third-order valence-corrected chi connectivity index (χ3v) is 5.73. The molecule has 0 unspecified atom stereocenters. The molecule has 0 aliphatic rings. The van der Waals surface area contributed by atoms with Gasteiger partial charge in [0.2, 0.25) is 0 Å². The molecule has 0 atom stereocenters. The number of rotatable bonds is 12. The molecule has 1 aromatic carbocycles. The Morgan fingerprint density at radius 2 is 2.04 bits per heavy atom. The normalized spacial score (nSPS) is 11.6. The molecule has 152 valence electrons. The minimum Gasteiger partial charge on any atom is -0.384 e. The molecule has 0 saturated carbocycles. The first-order chi connectivity index (χ1) is 13.8. The fourth-order valence-corrected chi connectivity index (χ4v) is 4.22. The first-order valence-corrected chi connectivity index (χ1v) is 11.1. The van der Waals surface area contributed by atoms with E-state index in [1.165, 1.54) is 18.6 Å². The van der Waals surface area contributed by atoms with E-state index in [4.69, 9.17) is 15.5 Å². The largest absolute Gasteiger partial charge is 0.384 e. The number of nitrogens with two attached hydrogens (primary N) is 1. The van der Waals surface area contributed by atoms with Crippen LogP contribution in [0.5, 0.6) is 0 Å². The molecular weight excluding hydrogens is 370 g/mol. The van der Waals surface area contributed by atoms with Crippen molar-refractivity contribution in [3.63, 3.8) is 0 Å². The zero-order chi connectivity index (χ0) is 19.8. The number of methoxy groups -OCH3 is 1. The van der Waals surface area contributed by atoms with E-state index >= 15 is 0 Å². The molecule has 2 heterocycles. The zero-order valence-electron chi connectivity index (χ0n) is 16.9. The van der Waals surface area contributed by atoms with E-state index < -0.39 is 0 Å². The number of aryl methyl sites for hydroxylation is 1. The number of nitrogen functional groups attached to an aromatic ring is 1. The van der Waals surface area contributed by atoms with Crippen LogP contribution in [0.4, 0.5) is 5.82 Å². The second kappa shape index (κ2) is 10.6. The molecule has 0 radical (unpaired) electrons. The molecular formula is C21H31N5OS. The molecule has 3 N–H and O–H groups in total. The number of para-hydroxylation sites is 1. The second-order valence-corrected chi connectivity index (χ2v) is 7.92. The Balaban J connectivity index is 1.78. The van der Waals surface area contributed by atoms with Gasteiger partial charge in [-0.15, -0.1) is 0 Å². The van der Waals surface area contributed by atoms with Crippen LogP contribution < -0.4 is 10.5 Å². The third kappa shape index (κ3) is 4.96. The lowest BCUT2D eigenvalue weighted by atomic mass is 10.2. The Morgan fingerprint density at radius 1 is 1.18 bits per heavy atom. The summed E-state index contributed by atoms with van der Waals surface area (Å²) in [6.45, 7) is 4.82. The van der Waals surface area contributed by atoms with Gasteiger partial charge in [-0.3, -0.25) is 4.72 Å². The Kier molecular flexibility index (Phi) is 7.94. The summed E-state index contributed by atoms with van der Waals surface area (Å²) >= 11 is 1.84. The minimum atomic E-state index is 0.500. The maximum atomic E-state index is 6.24. The number of benzene rings is 1. The number of ether oxygens (including phenoxy) is 1. The number of hydrogen-bond acceptors (Lipinski definition) is 6. The first kappa shape index (κ1) is 20.9. The van der Waals surface area contributed by atoms with Crippen molar-refractivity contribution < 1.29 is 4.74 Å². The Hall–Kier alpha value is -1.83. The van der Waals surface area contributed by atoms with Gasteiger partial charge in [-0.25, -0.2) is 9.97 Å². The number of hydrogen-bond donors (Lipinski definition) is 2. The number of nitrogens with zero attached hydrogens (tertiary/aromatic N) is 3. The lowest BCUT2D eigenvalue weighted by molar-refractivity contribution is 0.199. The van der Waals surface area contributed by atoms with E-state index in [0.717, 1.165) is 60.1 Å². The maximum Gasteiger partial charge on any atom is 0.152 e. The van der Waals surface area contributed by atoms with Crippen molar-refractivity contribution >= 4 is 39.7 Å². The van der Waals surface area contributed by atoms with E-state index in [1.807, 2.05) is 30.1 Å². The fraction of sp³-hybridized carbons (Fsp3) is 0.524. The highest BCUT2D eigenvalue weighted by molar-refractivity contribution is 7.97. The van der Waals surface area contributed by atoms with E-state index in [9.17, 15) is 0 Å². The minimum absolute atomic E-state index is 0.500. The Bertz CT molecular complexity index is 895. The van der Waals surface area contributed by atoms with Crippen LogP contribution in [0.15, 0.2) is 24.3 Å². The highest BCUT2D eigenvalue weighted by atomic mass is 32.2. The van der Waals surface area contributed by atoms with E-state index in [1.54, 1.807) is 7.11 Å². The van der Waals surface area contributed by atoms with Gasteiger partial charge in [-0.1, -0.05) is 43.5 Å². The number of nitrogens with one attached hydrogen (secondary N) is 1. The van der Waals surface area contributed by atoms with E-state index in [2.05, 4.69) is 27.3 Å². The third-order valence-electron chi connectivity index (χ3n) is 4.83. The van der Waals surface area contributed by atoms with Crippen molar-refractivity contribution in [1.29, 1.82) is 0 Å². The van der Waals surface area contributed by atoms with Gasteiger partial charge in [0.05, 0.1) is 17.6 Å². The molecule has 0 aliphatic carbocycles. The lowest BCUT2D eigenvalue weighted by Gasteiger charge is -2.11. The van der Waals surface area contributed by atoms with Gasteiger partial charge >= 0.3 is 0 Å². The molecule has 0 fully saturated rings. The maximum absolute atomic E-state index is 6.24. The van der Waals surface area contributed by atoms with Gasteiger partial charge in [0.15, 0.2) is 5.82 Å². The second-order valence-electron chi connectivity index (χ2n) is 6.94. The summed E-state index contributed by atoms with van der Waals surface area (Å²) in [4.78, 5) is 9.37. The number of imidazole rings is 1. The summed E-state index contributed by atoms with van der Waals surface area (Å²) < 4.78 is 11.1. The van der Waals surface area contributed by atoms with E-state index in [-0.39, 0.29) is 0 Å². The van der Waals surface area contributed by atoms with Gasteiger partial charge in [-0.05, 0) is 25.3 Å². The average Bonchev–Trinajstić information content (AvgIpc) is 3.08. The number of pyridine rings is 1. The molecule has 3 aromatic rings. The first-order valence-electron chi connectivity index (χ1n) is 10.1. The van der Waals surface area contributed by atoms with Crippen LogP contribution in [0.3, 0.4) is 0 Å². The van der Waals surface area contributed by atoms with Crippen molar-refractivity contribution in [2.75, 3.05) is 31.7 Å². The predicted molar refractivity (Wildman–Crippen MR) is 120 cm³/mol. The SMILES string of the molecule is CCCCSNCCCCn1c(CCOC)nc2c(N)nc3ccccc3c21. The molecule has 0 saturated heterocycles. The standard InChI is InChI=1S/C21H31N5OS/c1-3-4-15-28-23-12-7-8-13-26-18(11-14-27-2)25-19-20(26)16-9-5-6-10-17(16)24-21(19)22/h5-6,9-10,23H,3-4,7-8,11-15H2,1-2H3,(H2,22,24). The molecule has 7 heteroatoms. The molecule has 0 bridgehead atoms. The summed E-state index contributed by atoms with van der Waals surface area (Å²) in [7, 11) is 1.72. The molecule has 3 rings (SSSR count). The summed E-state index contributed by atoms with van der Waals surface area (Å²) in [6.07, 6.45) is 5.50. The Labute approximate surface area is 171 Å². The highest BCUT2D eigenvalue weighted by Crippen LogP contribution is 2.29. The number of aromatic nitrogens is 3. The van der Waals surface area contributed by atoms with Crippen molar-refractivity contribution in [2.24, 2.45) is 0 Å². The van der Waals surface area contributed by atoms with Crippen LogP contribution in [0.2, 0.25) is 0 Å². The van der Waals surface area contributed by atoms with Crippen LogP contribution in [0.1, 0.15) is 38.4 Å². The molecule has 0 amide bonds. The summed E-state index contributed by atoms with van der Waals surface area (Å²) in [6, 6.07) is 8.15. The molecule has 2 aromatic heterocycles. The van der Waals surface area contributed by atoms with Gasteiger partial charge in [-0.2, -0.15) is 0 Å². The molecule has 6 nitrogen and oxygen atoms in total. The molecule has 0 aliphatic heterocycles. The summed E-state index contributed by atoms with van der Waals surface area (Å²) in [5.41, 5.74) is 9.05. The molecule has 0 spiro atoms. The van der Waals surface area contributed by atoms with Gasteiger partial charge in [0, 0.05) is 37.8 Å². The van der Waals surface area contributed by atoms with Gasteiger partial charge < -0.3 is 15.0 Å².